The van der Waals surface area contributed by atoms with Gasteiger partial charge in [0.2, 0.25) is 0 Å². The van der Waals surface area contributed by atoms with E-state index in [1.807, 2.05) is 6.07 Å². The van der Waals surface area contributed by atoms with Crippen LogP contribution in [0.4, 0.5) is 0 Å². The lowest BCUT2D eigenvalue weighted by Crippen LogP contribution is -2.00. The predicted molar refractivity (Wildman–Crippen MR) is 72.2 cm³/mol. The summed E-state index contributed by atoms with van der Waals surface area (Å²) in [6.45, 7) is 4.28. The summed E-state index contributed by atoms with van der Waals surface area (Å²) in [6, 6.07) is 4.87. The van der Waals surface area contributed by atoms with Gasteiger partial charge in [-0.3, -0.25) is 0 Å². The number of hydrogen-bond acceptors (Lipinski definition) is 2. The number of hydrogen-bond donors (Lipinski definition) is 2. The lowest BCUT2D eigenvalue weighted by molar-refractivity contribution is 0.0693. The Balaban J connectivity index is 2.65. The van der Waals surface area contributed by atoms with Crippen LogP contribution in [0, 0.1) is 0 Å². The number of carboxylic acids is 1. The number of unbranched alkanes of at least 4 members (excludes halogenated alkanes) is 3. The molecule has 18 heavy (non-hydrogen) atoms. The summed E-state index contributed by atoms with van der Waals surface area (Å²) in [6.07, 6.45) is 5.92. The Morgan fingerprint density at radius 1 is 1.28 bits per heavy atom. The van der Waals surface area contributed by atoms with Crippen molar-refractivity contribution in [3.05, 3.63) is 29.3 Å². The van der Waals surface area contributed by atoms with E-state index in [4.69, 9.17) is 5.11 Å². The number of rotatable bonds is 7. The molecular formula is C15H22O3. The average Bonchev–Trinajstić information content (AvgIpc) is 2.34. The fraction of sp³-hybridized carbons (Fsp3) is 0.533. The van der Waals surface area contributed by atoms with Crippen molar-refractivity contribution >= 4 is 5.97 Å². The van der Waals surface area contributed by atoms with Crippen LogP contribution in [-0.4, -0.2) is 16.2 Å². The Labute approximate surface area is 108 Å². The van der Waals surface area contributed by atoms with E-state index in [1.54, 1.807) is 6.07 Å². The molecule has 3 heteroatoms. The van der Waals surface area contributed by atoms with Gasteiger partial charge in [-0.05, 0) is 30.0 Å². The highest BCUT2D eigenvalue weighted by Gasteiger charge is 2.13. The van der Waals surface area contributed by atoms with Gasteiger partial charge >= 0.3 is 5.97 Å². The SMILES string of the molecule is CCCCCCC(C)c1ccc(O)c(C(=O)O)c1. The van der Waals surface area contributed by atoms with Crippen LogP contribution in [0.3, 0.4) is 0 Å². The molecule has 0 saturated carbocycles. The molecule has 1 atom stereocenters. The predicted octanol–water partition coefficient (Wildman–Crippen LogP) is 4.16. The minimum atomic E-state index is -1.08. The van der Waals surface area contributed by atoms with Crippen LogP contribution >= 0.6 is 0 Å². The molecule has 1 unspecified atom stereocenters. The van der Waals surface area contributed by atoms with Crippen molar-refractivity contribution in [1.82, 2.24) is 0 Å². The number of benzene rings is 1. The highest BCUT2D eigenvalue weighted by molar-refractivity contribution is 5.90. The fourth-order valence-electron chi connectivity index (χ4n) is 2.08. The summed E-state index contributed by atoms with van der Waals surface area (Å²) in [5.74, 6) is -0.905. The first-order valence-corrected chi connectivity index (χ1v) is 6.62. The molecule has 0 aromatic heterocycles. The van der Waals surface area contributed by atoms with Gasteiger partial charge in [-0.15, -0.1) is 0 Å². The highest BCUT2D eigenvalue weighted by Crippen LogP contribution is 2.26. The maximum Gasteiger partial charge on any atom is 0.339 e. The van der Waals surface area contributed by atoms with Gasteiger partial charge in [-0.2, -0.15) is 0 Å². The third-order valence-electron chi connectivity index (χ3n) is 3.31. The van der Waals surface area contributed by atoms with Crippen molar-refractivity contribution in [2.24, 2.45) is 0 Å². The minimum absolute atomic E-state index is 0.00657. The molecule has 0 radical (unpaired) electrons. The Morgan fingerprint density at radius 2 is 2.00 bits per heavy atom. The van der Waals surface area contributed by atoms with Crippen molar-refractivity contribution in [2.75, 3.05) is 0 Å². The summed E-state index contributed by atoms with van der Waals surface area (Å²) < 4.78 is 0. The first-order valence-electron chi connectivity index (χ1n) is 6.62. The summed E-state index contributed by atoms with van der Waals surface area (Å²) in [5.41, 5.74) is 0.981. The van der Waals surface area contributed by atoms with E-state index >= 15 is 0 Å². The first-order chi connectivity index (χ1) is 8.56. The standard InChI is InChI=1S/C15H22O3/c1-3-4-5-6-7-11(2)12-8-9-14(16)13(10-12)15(17)18/h8-11,16H,3-7H2,1-2H3,(H,17,18). The van der Waals surface area contributed by atoms with E-state index < -0.39 is 5.97 Å². The molecule has 0 bridgehead atoms. The van der Waals surface area contributed by atoms with E-state index in [-0.39, 0.29) is 11.3 Å². The Kier molecular flexibility index (Phi) is 5.69. The lowest BCUT2D eigenvalue weighted by Gasteiger charge is -2.13. The van der Waals surface area contributed by atoms with Crippen LogP contribution in [0.2, 0.25) is 0 Å². The van der Waals surface area contributed by atoms with Gasteiger partial charge in [-0.1, -0.05) is 45.6 Å². The molecule has 0 amide bonds. The Morgan fingerprint density at radius 3 is 2.61 bits per heavy atom. The van der Waals surface area contributed by atoms with Crippen molar-refractivity contribution < 1.29 is 15.0 Å². The van der Waals surface area contributed by atoms with Crippen molar-refractivity contribution in [3.63, 3.8) is 0 Å². The third kappa shape index (κ3) is 4.06. The molecule has 1 aromatic carbocycles. The van der Waals surface area contributed by atoms with Crippen LogP contribution in [0.5, 0.6) is 5.75 Å². The van der Waals surface area contributed by atoms with Crippen molar-refractivity contribution in [2.45, 2.75) is 51.9 Å². The zero-order valence-corrected chi connectivity index (χ0v) is 11.1. The quantitative estimate of drug-likeness (QED) is 0.714. The largest absolute Gasteiger partial charge is 0.507 e. The van der Waals surface area contributed by atoms with Gasteiger partial charge in [0.25, 0.3) is 0 Å². The number of carbonyl (C=O) groups is 1. The van der Waals surface area contributed by atoms with Gasteiger partial charge in [0.05, 0.1) is 0 Å². The zero-order chi connectivity index (χ0) is 13.5. The summed E-state index contributed by atoms with van der Waals surface area (Å²) in [5, 5.41) is 18.4. The molecule has 100 valence electrons. The molecule has 1 rings (SSSR count). The molecule has 0 aliphatic heterocycles. The second-order valence-corrected chi connectivity index (χ2v) is 4.83. The second-order valence-electron chi connectivity index (χ2n) is 4.83. The maximum absolute atomic E-state index is 10.9. The van der Waals surface area contributed by atoms with Crippen LogP contribution in [0.25, 0.3) is 0 Å². The number of aromatic carboxylic acids is 1. The van der Waals surface area contributed by atoms with Crippen molar-refractivity contribution in [1.29, 1.82) is 0 Å². The molecule has 0 saturated heterocycles. The third-order valence-corrected chi connectivity index (χ3v) is 3.31. The van der Waals surface area contributed by atoms with E-state index in [2.05, 4.69) is 13.8 Å². The highest BCUT2D eigenvalue weighted by atomic mass is 16.4. The Hall–Kier alpha value is -1.51. The molecule has 0 aliphatic carbocycles. The number of phenols is 1. The van der Waals surface area contributed by atoms with Crippen LogP contribution in [0.15, 0.2) is 18.2 Å². The van der Waals surface area contributed by atoms with E-state index in [1.165, 1.54) is 25.3 Å². The minimum Gasteiger partial charge on any atom is -0.507 e. The summed E-state index contributed by atoms with van der Waals surface area (Å²) in [4.78, 5) is 10.9. The molecule has 3 nitrogen and oxygen atoms in total. The van der Waals surface area contributed by atoms with E-state index in [9.17, 15) is 9.90 Å². The molecule has 0 spiro atoms. The smallest absolute Gasteiger partial charge is 0.339 e. The molecular weight excluding hydrogens is 228 g/mol. The monoisotopic (exact) mass is 250 g/mol. The maximum atomic E-state index is 10.9. The van der Waals surface area contributed by atoms with Crippen LogP contribution in [-0.2, 0) is 0 Å². The van der Waals surface area contributed by atoms with E-state index in [0.29, 0.717) is 5.92 Å². The normalized spacial score (nSPS) is 12.3. The average molecular weight is 250 g/mol. The molecule has 0 aliphatic rings. The Bertz CT molecular complexity index is 399. The van der Waals surface area contributed by atoms with Crippen LogP contribution < -0.4 is 0 Å². The molecule has 0 fully saturated rings. The summed E-state index contributed by atoms with van der Waals surface area (Å²) >= 11 is 0. The fourth-order valence-corrected chi connectivity index (χ4v) is 2.08. The number of carboxylic acid groups (broad SMARTS) is 1. The van der Waals surface area contributed by atoms with Gasteiger partial charge in [0.15, 0.2) is 0 Å². The van der Waals surface area contributed by atoms with E-state index in [0.717, 1.165) is 18.4 Å². The zero-order valence-electron chi connectivity index (χ0n) is 11.1. The van der Waals surface area contributed by atoms with Gasteiger partial charge in [0, 0.05) is 0 Å². The molecule has 2 N–H and O–H groups in total. The topological polar surface area (TPSA) is 57.5 Å². The lowest BCUT2D eigenvalue weighted by atomic mass is 9.93. The first kappa shape index (κ1) is 14.6. The van der Waals surface area contributed by atoms with Crippen LogP contribution in [0.1, 0.15) is 67.8 Å². The van der Waals surface area contributed by atoms with Gasteiger partial charge < -0.3 is 10.2 Å². The van der Waals surface area contributed by atoms with Crippen molar-refractivity contribution in [3.8, 4) is 5.75 Å². The second kappa shape index (κ2) is 7.04. The molecule has 1 aromatic rings. The van der Waals surface area contributed by atoms with Gasteiger partial charge in [0.1, 0.15) is 11.3 Å². The summed E-state index contributed by atoms with van der Waals surface area (Å²) in [7, 11) is 0. The molecule has 0 heterocycles. The van der Waals surface area contributed by atoms with Gasteiger partial charge in [-0.25, -0.2) is 4.79 Å². The number of aromatic hydroxyl groups is 1.